The van der Waals surface area contributed by atoms with Crippen molar-refractivity contribution in [2.75, 3.05) is 20.3 Å². The van der Waals surface area contributed by atoms with Crippen LogP contribution in [0.4, 0.5) is 0 Å². The highest BCUT2D eigenvalue weighted by atomic mass is 32.1. The highest BCUT2D eigenvalue weighted by Gasteiger charge is 2.22. The third kappa shape index (κ3) is 3.88. The van der Waals surface area contributed by atoms with Crippen LogP contribution in [0.25, 0.3) is 0 Å². The average molecular weight is 310 g/mol. The lowest BCUT2D eigenvalue weighted by atomic mass is 9.93. The van der Waals surface area contributed by atoms with Gasteiger partial charge in [0.05, 0.1) is 18.3 Å². The Morgan fingerprint density at radius 3 is 2.70 bits per heavy atom. The fraction of sp³-hybridized carbons (Fsp3) is 0.533. The van der Waals surface area contributed by atoms with E-state index in [1.54, 1.807) is 29.8 Å². The fourth-order valence-electron chi connectivity index (χ4n) is 1.84. The van der Waals surface area contributed by atoms with Crippen LogP contribution in [0.3, 0.4) is 0 Å². The Morgan fingerprint density at radius 2 is 2.15 bits per heavy atom. The topological polar surface area (TPSA) is 34.1 Å². The SMILES string of the molecule is COCCNC(c1cccs1)c1nc(C(C)(C)C)cs1. The maximum Gasteiger partial charge on any atom is 0.115 e. The molecule has 20 heavy (non-hydrogen) atoms. The minimum Gasteiger partial charge on any atom is -0.383 e. The van der Waals surface area contributed by atoms with Gasteiger partial charge in [0.15, 0.2) is 0 Å². The van der Waals surface area contributed by atoms with E-state index in [2.05, 4.69) is 49.0 Å². The summed E-state index contributed by atoms with van der Waals surface area (Å²) in [6.07, 6.45) is 0. The van der Waals surface area contributed by atoms with E-state index in [4.69, 9.17) is 9.72 Å². The number of methoxy groups -OCH3 is 1. The standard InChI is InChI=1S/C15H22N2OS2/c1-15(2,3)12-10-20-14(17-12)13(16-7-8-18-4)11-6-5-9-19-11/h5-6,9-10,13,16H,7-8H2,1-4H3. The molecular formula is C15H22N2OS2. The predicted molar refractivity (Wildman–Crippen MR) is 86.9 cm³/mol. The highest BCUT2D eigenvalue weighted by molar-refractivity contribution is 7.11. The van der Waals surface area contributed by atoms with Crippen molar-refractivity contribution >= 4 is 22.7 Å². The zero-order valence-electron chi connectivity index (χ0n) is 12.5. The summed E-state index contributed by atoms with van der Waals surface area (Å²) in [6.45, 7) is 8.13. The van der Waals surface area contributed by atoms with Crippen LogP contribution in [-0.2, 0) is 10.2 Å². The number of thiazole rings is 1. The largest absolute Gasteiger partial charge is 0.383 e. The number of rotatable bonds is 6. The lowest BCUT2D eigenvalue weighted by Gasteiger charge is -2.17. The number of nitrogens with one attached hydrogen (secondary N) is 1. The molecule has 1 unspecified atom stereocenters. The first-order valence-electron chi connectivity index (χ1n) is 6.74. The monoisotopic (exact) mass is 310 g/mol. The highest BCUT2D eigenvalue weighted by Crippen LogP contribution is 2.31. The molecule has 0 aromatic carbocycles. The van der Waals surface area contributed by atoms with E-state index in [1.807, 2.05) is 0 Å². The molecule has 0 fully saturated rings. The Labute approximate surface area is 129 Å². The van der Waals surface area contributed by atoms with Crippen LogP contribution in [0.5, 0.6) is 0 Å². The molecule has 0 aliphatic rings. The van der Waals surface area contributed by atoms with E-state index in [9.17, 15) is 0 Å². The molecule has 1 N–H and O–H groups in total. The van der Waals surface area contributed by atoms with Gasteiger partial charge in [0.2, 0.25) is 0 Å². The first-order chi connectivity index (χ1) is 9.52. The Kier molecular flexibility index (Phi) is 5.32. The van der Waals surface area contributed by atoms with Crippen LogP contribution in [0.15, 0.2) is 22.9 Å². The molecule has 0 spiro atoms. The molecule has 110 valence electrons. The third-order valence-corrected chi connectivity index (χ3v) is 4.87. The summed E-state index contributed by atoms with van der Waals surface area (Å²) < 4.78 is 5.13. The van der Waals surface area contributed by atoms with Gasteiger partial charge in [-0.2, -0.15) is 0 Å². The fourth-order valence-corrected chi connectivity index (χ4v) is 3.85. The molecule has 2 heterocycles. The van der Waals surface area contributed by atoms with E-state index >= 15 is 0 Å². The van der Waals surface area contributed by atoms with Crippen molar-refractivity contribution in [1.29, 1.82) is 0 Å². The number of thiophene rings is 1. The van der Waals surface area contributed by atoms with E-state index in [-0.39, 0.29) is 11.5 Å². The van der Waals surface area contributed by atoms with Gasteiger partial charge in [0.1, 0.15) is 5.01 Å². The van der Waals surface area contributed by atoms with Crippen LogP contribution >= 0.6 is 22.7 Å². The van der Waals surface area contributed by atoms with Crippen LogP contribution in [0.2, 0.25) is 0 Å². The molecule has 0 amide bonds. The molecule has 1 atom stereocenters. The lowest BCUT2D eigenvalue weighted by molar-refractivity contribution is 0.197. The van der Waals surface area contributed by atoms with E-state index in [0.29, 0.717) is 6.61 Å². The Balaban J connectivity index is 2.20. The van der Waals surface area contributed by atoms with Crippen molar-refractivity contribution in [3.05, 3.63) is 38.5 Å². The van der Waals surface area contributed by atoms with Gasteiger partial charge in [-0.1, -0.05) is 26.8 Å². The second kappa shape index (κ2) is 6.80. The van der Waals surface area contributed by atoms with Crippen molar-refractivity contribution < 1.29 is 4.74 Å². The summed E-state index contributed by atoms with van der Waals surface area (Å²) in [7, 11) is 1.73. The van der Waals surface area contributed by atoms with Gasteiger partial charge in [0, 0.05) is 29.3 Å². The zero-order chi connectivity index (χ0) is 14.6. The summed E-state index contributed by atoms with van der Waals surface area (Å²) in [5.74, 6) is 0. The number of aromatic nitrogens is 1. The zero-order valence-corrected chi connectivity index (χ0v) is 14.1. The van der Waals surface area contributed by atoms with E-state index < -0.39 is 0 Å². The summed E-state index contributed by atoms with van der Waals surface area (Å²) in [6, 6.07) is 4.42. The van der Waals surface area contributed by atoms with Gasteiger partial charge < -0.3 is 10.1 Å². The lowest BCUT2D eigenvalue weighted by Crippen LogP contribution is -2.25. The second-order valence-corrected chi connectivity index (χ2v) is 7.59. The van der Waals surface area contributed by atoms with Crippen molar-refractivity contribution in [2.45, 2.75) is 32.2 Å². The Bertz CT molecular complexity index is 514. The van der Waals surface area contributed by atoms with Gasteiger partial charge in [0.25, 0.3) is 0 Å². The van der Waals surface area contributed by atoms with E-state index in [1.165, 1.54) is 4.88 Å². The minimum absolute atomic E-state index is 0.0985. The van der Waals surface area contributed by atoms with Crippen molar-refractivity contribution in [3.63, 3.8) is 0 Å². The predicted octanol–water partition coefficient (Wildman–Crippen LogP) is 3.83. The smallest absolute Gasteiger partial charge is 0.115 e. The first-order valence-corrected chi connectivity index (χ1v) is 8.50. The Morgan fingerprint density at radius 1 is 1.35 bits per heavy atom. The summed E-state index contributed by atoms with van der Waals surface area (Å²) >= 11 is 3.50. The number of nitrogens with zero attached hydrogens (tertiary/aromatic N) is 1. The van der Waals surface area contributed by atoms with Crippen molar-refractivity contribution in [1.82, 2.24) is 10.3 Å². The molecule has 0 saturated heterocycles. The molecule has 3 nitrogen and oxygen atoms in total. The molecule has 5 heteroatoms. The minimum atomic E-state index is 0.0985. The average Bonchev–Trinajstić information content (AvgIpc) is 3.05. The van der Waals surface area contributed by atoms with Crippen LogP contribution < -0.4 is 5.32 Å². The molecule has 2 aromatic heterocycles. The molecule has 0 radical (unpaired) electrons. The maximum atomic E-state index is 5.13. The first kappa shape index (κ1) is 15.6. The van der Waals surface area contributed by atoms with Crippen LogP contribution in [0, 0.1) is 0 Å². The maximum absolute atomic E-state index is 5.13. The number of hydrogen-bond acceptors (Lipinski definition) is 5. The van der Waals surface area contributed by atoms with Crippen molar-refractivity contribution in [3.8, 4) is 0 Å². The van der Waals surface area contributed by atoms with Crippen LogP contribution in [0.1, 0.15) is 42.4 Å². The Hall–Kier alpha value is -0.750. The van der Waals surface area contributed by atoms with Gasteiger partial charge in [-0.25, -0.2) is 4.98 Å². The summed E-state index contributed by atoms with van der Waals surface area (Å²) in [5, 5.41) is 8.95. The van der Waals surface area contributed by atoms with Gasteiger partial charge in [-0.05, 0) is 11.4 Å². The normalized spacial score (nSPS) is 13.6. The number of ether oxygens (including phenoxy) is 1. The molecule has 0 aliphatic heterocycles. The molecule has 0 bridgehead atoms. The van der Waals surface area contributed by atoms with E-state index in [0.717, 1.165) is 17.2 Å². The molecular weight excluding hydrogens is 288 g/mol. The molecule has 0 aliphatic carbocycles. The second-order valence-electron chi connectivity index (χ2n) is 5.72. The quantitative estimate of drug-likeness (QED) is 0.823. The number of hydrogen-bond donors (Lipinski definition) is 1. The van der Waals surface area contributed by atoms with Gasteiger partial charge in [-0.3, -0.25) is 0 Å². The molecule has 2 rings (SSSR count). The van der Waals surface area contributed by atoms with Crippen molar-refractivity contribution in [2.24, 2.45) is 0 Å². The van der Waals surface area contributed by atoms with Gasteiger partial charge >= 0.3 is 0 Å². The van der Waals surface area contributed by atoms with Crippen LogP contribution in [-0.4, -0.2) is 25.2 Å². The molecule has 2 aromatic rings. The molecule has 0 saturated carbocycles. The van der Waals surface area contributed by atoms with Gasteiger partial charge in [-0.15, -0.1) is 22.7 Å². The third-order valence-electron chi connectivity index (χ3n) is 3.02. The summed E-state index contributed by atoms with van der Waals surface area (Å²) in [4.78, 5) is 6.14. The summed E-state index contributed by atoms with van der Waals surface area (Å²) in [5.41, 5.74) is 1.26.